The number of piperazine rings is 1. The molecule has 1 amide bonds. The number of amides is 1. The minimum absolute atomic E-state index is 0.0158. The van der Waals surface area contributed by atoms with Crippen LogP contribution >= 0.6 is 0 Å². The maximum absolute atomic E-state index is 13.1. The number of rotatable bonds is 7. The molecule has 0 aromatic heterocycles. The summed E-state index contributed by atoms with van der Waals surface area (Å²) in [5.74, 6) is -0.241. The van der Waals surface area contributed by atoms with Gasteiger partial charge >= 0.3 is 12.4 Å². The lowest BCUT2D eigenvalue weighted by atomic mass is 10.1. The SMILES string of the molecule is CCCC(C)NC(=O)CN1CCN(S(=O)(=O)c2cc(C(F)(F)F)cc(C(F)(F)F)c2)CC1. The molecule has 182 valence electrons. The van der Waals surface area contributed by atoms with Gasteiger partial charge in [-0.15, -0.1) is 0 Å². The largest absolute Gasteiger partial charge is 0.416 e. The number of benzene rings is 1. The molecule has 1 aliphatic heterocycles. The highest BCUT2D eigenvalue weighted by atomic mass is 32.2. The van der Waals surface area contributed by atoms with Crippen LogP contribution in [-0.2, 0) is 27.2 Å². The second-order valence-electron chi connectivity index (χ2n) is 7.68. The molecule has 0 spiro atoms. The summed E-state index contributed by atoms with van der Waals surface area (Å²) >= 11 is 0. The highest BCUT2D eigenvalue weighted by Gasteiger charge is 2.39. The molecule has 1 aromatic carbocycles. The van der Waals surface area contributed by atoms with Crippen molar-refractivity contribution >= 4 is 15.9 Å². The minimum atomic E-state index is -5.15. The molecule has 1 aliphatic rings. The van der Waals surface area contributed by atoms with E-state index in [4.69, 9.17) is 0 Å². The van der Waals surface area contributed by atoms with Crippen LogP contribution in [0.5, 0.6) is 0 Å². The lowest BCUT2D eigenvalue weighted by molar-refractivity contribution is -0.143. The fraction of sp³-hybridized carbons (Fsp3) is 0.632. The van der Waals surface area contributed by atoms with Crippen molar-refractivity contribution in [3.05, 3.63) is 29.3 Å². The van der Waals surface area contributed by atoms with E-state index in [0.717, 1.165) is 17.1 Å². The first kappa shape index (κ1) is 26.4. The van der Waals surface area contributed by atoms with E-state index in [1.54, 1.807) is 4.90 Å². The number of nitrogens with zero attached hydrogens (tertiary/aromatic N) is 2. The van der Waals surface area contributed by atoms with Crippen LogP contribution in [0.15, 0.2) is 23.1 Å². The fourth-order valence-corrected chi connectivity index (χ4v) is 4.88. The predicted molar refractivity (Wildman–Crippen MR) is 104 cm³/mol. The van der Waals surface area contributed by atoms with Crippen molar-refractivity contribution in [2.24, 2.45) is 0 Å². The molecular formula is C19H25F6N3O3S. The summed E-state index contributed by atoms with van der Waals surface area (Å²) < 4.78 is 105. The first-order valence-electron chi connectivity index (χ1n) is 9.96. The van der Waals surface area contributed by atoms with Gasteiger partial charge in [0.05, 0.1) is 22.6 Å². The molecule has 0 radical (unpaired) electrons. The summed E-state index contributed by atoms with van der Waals surface area (Å²) in [6.45, 7) is 3.74. The average molecular weight is 489 g/mol. The lowest BCUT2D eigenvalue weighted by Crippen LogP contribution is -2.51. The molecule has 6 nitrogen and oxygen atoms in total. The summed E-state index contributed by atoms with van der Waals surface area (Å²) in [6, 6.07) is 0.284. The molecule has 1 aromatic rings. The molecule has 1 atom stereocenters. The molecule has 13 heteroatoms. The van der Waals surface area contributed by atoms with Crippen LogP contribution in [0.2, 0.25) is 0 Å². The molecule has 0 aliphatic carbocycles. The van der Waals surface area contributed by atoms with E-state index in [9.17, 15) is 39.6 Å². The average Bonchev–Trinajstić information content (AvgIpc) is 2.66. The third-order valence-electron chi connectivity index (χ3n) is 5.03. The second kappa shape index (κ2) is 9.96. The minimum Gasteiger partial charge on any atom is -0.353 e. The zero-order chi connectivity index (χ0) is 24.3. The number of hydrogen-bond donors (Lipinski definition) is 1. The maximum Gasteiger partial charge on any atom is 0.416 e. The Morgan fingerprint density at radius 3 is 1.94 bits per heavy atom. The van der Waals surface area contributed by atoms with Crippen molar-refractivity contribution in [1.82, 2.24) is 14.5 Å². The Morgan fingerprint density at radius 1 is 1.00 bits per heavy atom. The number of carbonyl (C=O) groups is 1. The molecule has 0 saturated carbocycles. The van der Waals surface area contributed by atoms with Gasteiger partial charge in [-0.3, -0.25) is 9.69 Å². The molecule has 0 bridgehead atoms. The normalized spacial score (nSPS) is 17.9. The number of sulfonamides is 1. The second-order valence-corrected chi connectivity index (χ2v) is 9.62. The fourth-order valence-electron chi connectivity index (χ4n) is 3.38. The van der Waals surface area contributed by atoms with Gasteiger partial charge in [0.15, 0.2) is 0 Å². The molecule has 1 heterocycles. The smallest absolute Gasteiger partial charge is 0.353 e. The van der Waals surface area contributed by atoms with Gasteiger partial charge in [0, 0.05) is 32.2 Å². The molecule has 1 fully saturated rings. The number of halogens is 6. The van der Waals surface area contributed by atoms with Gasteiger partial charge in [0.1, 0.15) is 0 Å². The number of alkyl halides is 6. The lowest BCUT2D eigenvalue weighted by Gasteiger charge is -2.34. The van der Waals surface area contributed by atoms with Crippen LogP contribution < -0.4 is 5.32 Å². The van der Waals surface area contributed by atoms with E-state index >= 15 is 0 Å². The summed E-state index contributed by atoms with van der Waals surface area (Å²) in [5.41, 5.74) is -3.38. The summed E-state index contributed by atoms with van der Waals surface area (Å²) in [5, 5.41) is 2.81. The van der Waals surface area contributed by atoms with Gasteiger partial charge in [0.2, 0.25) is 15.9 Å². The van der Waals surface area contributed by atoms with Gasteiger partial charge in [-0.1, -0.05) is 13.3 Å². The van der Waals surface area contributed by atoms with Crippen molar-refractivity contribution in [3.63, 3.8) is 0 Å². The van der Waals surface area contributed by atoms with E-state index in [-0.39, 0.29) is 62.9 Å². The first-order chi connectivity index (χ1) is 14.6. The van der Waals surface area contributed by atoms with Crippen LogP contribution in [0.1, 0.15) is 37.8 Å². The molecular weight excluding hydrogens is 464 g/mol. The van der Waals surface area contributed by atoms with Gasteiger partial charge in [-0.25, -0.2) is 8.42 Å². The monoisotopic (exact) mass is 489 g/mol. The van der Waals surface area contributed by atoms with Crippen molar-refractivity contribution in [1.29, 1.82) is 0 Å². The Bertz CT molecular complexity index is 878. The van der Waals surface area contributed by atoms with E-state index in [0.29, 0.717) is 0 Å². The maximum atomic E-state index is 13.1. The molecule has 32 heavy (non-hydrogen) atoms. The zero-order valence-electron chi connectivity index (χ0n) is 17.6. The van der Waals surface area contributed by atoms with Crippen molar-refractivity contribution in [2.75, 3.05) is 32.7 Å². The van der Waals surface area contributed by atoms with Crippen molar-refractivity contribution in [3.8, 4) is 0 Å². The third-order valence-corrected chi connectivity index (χ3v) is 6.90. The Hall–Kier alpha value is -1.86. The number of hydrogen-bond acceptors (Lipinski definition) is 4. The van der Waals surface area contributed by atoms with Crippen molar-refractivity contribution < 1.29 is 39.6 Å². The Balaban J connectivity index is 2.14. The standard InChI is InChI=1S/C19H25F6N3O3S/c1-3-4-13(2)26-17(29)12-27-5-7-28(8-6-27)32(30,31)16-10-14(18(20,21)22)9-15(11-16)19(23,24)25/h9-11,13H,3-8,12H2,1-2H3,(H,26,29). The quantitative estimate of drug-likeness (QED) is 0.597. The topological polar surface area (TPSA) is 69.7 Å². The zero-order valence-corrected chi connectivity index (χ0v) is 18.4. The van der Waals surface area contributed by atoms with Crippen LogP contribution in [0.4, 0.5) is 26.3 Å². The van der Waals surface area contributed by atoms with Crippen LogP contribution in [0.3, 0.4) is 0 Å². The number of carbonyl (C=O) groups excluding carboxylic acids is 1. The van der Waals surface area contributed by atoms with Crippen molar-refractivity contribution in [2.45, 2.75) is 50.0 Å². The van der Waals surface area contributed by atoms with Crippen LogP contribution in [0, 0.1) is 0 Å². The van der Waals surface area contributed by atoms with Crippen LogP contribution in [0.25, 0.3) is 0 Å². The van der Waals surface area contributed by atoms with Crippen LogP contribution in [-0.4, -0.2) is 62.3 Å². The Labute approximate surface area is 182 Å². The molecule has 1 N–H and O–H groups in total. The van der Waals surface area contributed by atoms with E-state index in [1.807, 2.05) is 13.8 Å². The van der Waals surface area contributed by atoms with E-state index in [1.165, 1.54) is 0 Å². The first-order valence-corrected chi connectivity index (χ1v) is 11.4. The highest BCUT2D eigenvalue weighted by Crippen LogP contribution is 2.37. The van der Waals surface area contributed by atoms with E-state index < -0.39 is 38.4 Å². The molecule has 1 saturated heterocycles. The Morgan fingerprint density at radius 2 is 1.50 bits per heavy atom. The van der Waals surface area contributed by atoms with Gasteiger partial charge in [-0.05, 0) is 31.5 Å². The number of nitrogens with one attached hydrogen (secondary N) is 1. The summed E-state index contributed by atoms with van der Waals surface area (Å²) in [7, 11) is -4.60. The molecule has 1 unspecified atom stereocenters. The van der Waals surface area contributed by atoms with E-state index in [2.05, 4.69) is 5.32 Å². The molecule has 2 rings (SSSR count). The van der Waals surface area contributed by atoms with Gasteiger partial charge in [-0.2, -0.15) is 30.6 Å². The Kier molecular flexibility index (Phi) is 8.21. The third kappa shape index (κ3) is 6.82. The highest BCUT2D eigenvalue weighted by molar-refractivity contribution is 7.89. The van der Waals surface area contributed by atoms with Gasteiger partial charge in [0.25, 0.3) is 0 Å². The summed E-state index contributed by atoms with van der Waals surface area (Å²) in [6.07, 6.45) is -8.60. The van der Waals surface area contributed by atoms with Gasteiger partial charge < -0.3 is 5.32 Å². The summed E-state index contributed by atoms with van der Waals surface area (Å²) in [4.78, 5) is 12.7. The predicted octanol–water partition coefficient (Wildman–Crippen LogP) is 3.34.